The van der Waals surface area contributed by atoms with Crippen molar-refractivity contribution >= 4 is 28.5 Å². The number of benzene rings is 1. The summed E-state index contributed by atoms with van der Waals surface area (Å²) in [5, 5.41) is 3.13. The Morgan fingerprint density at radius 1 is 1.28 bits per heavy atom. The first-order chi connectivity index (χ1) is 8.70. The van der Waals surface area contributed by atoms with Crippen molar-refractivity contribution in [3.05, 3.63) is 33.4 Å². The maximum absolute atomic E-state index is 12.1. The van der Waals surface area contributed by atoms with E-state index in [1.54, 1.807) is 0 Å². The first kappa shape index (κ1) is 13.8. The van der Waals surface area contributed by atoms with Crippen LogP contribution in [0.25, 0.3) is 0 Å². The third-order valence-corrected chi connectivity index (χ3v) is 4.35. The summed E-state index contributed by atoms with van der Waals surface area (Å²) >= 11 is 2.24. The molecule has 0 radical (unpaired) electrons. The molecule has 0 aliphatic heterocycles. The van der Waals surface area contributed by atoms with E-state index in [0.717, 1.165) is 22.0 Å². The molecule has 1 aliphatic carbocycles. The number of carbonyl (C=O) groups excluding carboxylic acids is 1. The summed E-state index contributed by atoms with van der Waals surface area (Å²) in [5.41, 5.74) is 6.51. The van der Waals surface area contributed by atoms with E-state index in [1.807, 2.05) is 24.3 Å². The second kappa shape index (κ2) is 6.52. The molecule has 3 N–H and O–H groups in total. The molecule has 98 valence electrons. The topological polar surface area (TPSA) is 55.1 Å². The zero-order valence-electron chi connectivity index (χ0n) is 10.4. The van der Waals surface area contributed by atoms with Crippen molar-refractivity contribution in [2.45, 2.75) is 31.7 Å². The molecule has 18 heavy (non-hydrogen) atoms. The molecule has 1 amide bonds. The molecule has 2 rings (SSSR count). The van der Waals surface area contributed by atoms with E-state index >= 15 is 0 Å². The molecule has 2 atom stereocenters. The fourth-order valence-corrected chi connectivity index (χ4v) is 2.89. The van der Waals surface area contributed by atoms with Gasteiger partial charge in [0.15, 0.2) is 0 Å². The van der Waals surface area contributed by atoms with Gasteiger partial charge in [0.1, 0.15) is 0 Å². The van der Waals surface area contributed by atoms with Crippen molar-refractivity contribution in [3.8, 4) is 0 Å². The zero-order chi connectivity index (χ0) is 13.0. The highest BCUT2D eigenvalue weighted by Crippen LogP contribution is 2.23. The van der Waals surface area contributed by atoms with E-state index in [0.29, 0.717) is 12.5 Å². The Labute approximate surface area is 122 Å². The molecular weight excluding hydrogens is 339 g/mol. The van der Waals surface area contributed by atoms with Crippen LogP contribution in [0.3, 0.4) is 0 Å². The van der Waals surface area contributed by atoms with E-state index < -0.39 is 0 Å². The number of amides is 1. The van der Waals surface area contributed by atoms with E-state index in [2.05, 4.69) is 27.9 Å². The average Bonchev–Trinajstić information content (AvgIpc) is 2.40. The number of rotatable bonds is 3. The van der Waals surface area contributed by atoms with E-state index in [9.17, 15) is 4.79 Å². The standard InChI is InChI=1S/C14H19IN2O/c15-12-7-5-10(6-8-12)14(18)17-13-4-2-1-3-11(13)9-16/h5-8,11,13H,1-4,9,16H2,(H,17,18). The second-order valence-electron chi connectivity index (χ2n) is 4.87. The first-order valence-corrected chi connectivity index (χ1v) is 7.55. The number of halogens is 1. The predicted octanol–water partition coefficient (Wildman–Crippen LogP) is 2.54. The molecule has 0 aromatic heterocycles. The molecule has 4 heteroatoms. The van der Waals surface area contributed by atoms with Crippen LogP contribution in [0, 0.1) is 9.49 Å². The monoisotopic (exact) mass is 358 g/mol. The SMILES string of the molecule is NCC1CCCCC1NC(=O)c1ccc(I)cc1. The first-order valence-electron chi connectivity index (χ1n) is 6.47. The maximum atomic E-state index is 12.1. The number of hydrogen-bond donors (Lipinski definition) is 2. The van der Waals surface area contributed by atoms with Gasteiger partial charge in [-0.1, -0.05) is 12.8 Å². The van der Waals surface area contributed by atoms with Gasteiger partial charge in [-0.05, 0) is 72.2 Å². The molecule has 0 bridgehead atoms. The van der Waals surface area contributed by atoms with Gasteiger partial charge in [-0.3, -0.25) is 4.79 Å². The summed E-state index contributed by atoms with van der Waals surface area (Å²) in [6.45, 7) is 0.664. The van der Waals surface area contributed by atoms with Gasteiger partial charge in [0.2, 0.25) is 0 Å². The third kappa shape index (κ3) is 3.45. The van der Waals surface area contributed by atoms with Crippen LogP contribution in [-0.2, 0) is 0 Å². The molecule has 1 saturated carbocycles. The summed E-state index contributed by atoms with van der Waals surface area (Å²) in [4.78, 5) is 12.1. The predicted molar refractivity (Wildman–Crippen MR) is 81.4 cm³/mol. The van der Waals surface area contributed by atoms with Crippen molar-refractivity contribution in [3.63, 3.8) is 0 Å². The van der Waals surface area contributed by atoms with Crippen molar-refractivity contribution < 1.29 is 4.79 Å². The highest BCUT2D eigenvalue weighted by molar-refractivity contribution is 14.1. The molecule has 3 nitrogen and oxygen atoms in total. The van der Waals surface area contributed by atoms with Gasteiger partial charge in [-0.2, -0.15) is 0 Å². The van der Waals surface area contributed by atoms with Crippen LogP contribution in [0.15, 0.2) is 24.3 Å². The Hall–Kier alpha value is -0.620. The van der Waals surface area contributed by atoms with E-state index in [1.165, 1.54) is 12.8 Å². The lowest BCUT2D eigenvalue weighted by molar-refractivity contribution is 0.0908. The molecule has 0 saturated heterocycles. The largest absolute Gasteiger partial charge is 0.349 e. The quantitative estimate of drug-likeness (QED) is 0.816. The Bertz CT molecular complexity index is 405. The highest BCUT2D eigenvalue weighted by atomic mass is 127. The Morgan fingerprint density at radius 3 is 2.61 bits per heavy atom. The van der Waals surface area contributed by atoms with Gasteiger partial charge in [0.05, 0.1) is 0 Å². The summed E-state index contributed by atoms with van der Waals surface area (Å²) < 4.78 is 1.14. The summed E-state index contributed by atoms with van der Waals surface area (Å²) in [5.74, 6) is 0.461. The Kier molecular flexibility index (Phi) is 5.00. The van der Waals surface area contributed by atoms with Gasteiger partial charge >= 0.3 is 0 Å². The van der Waals surface area contributed by atoms with Crippen molar-refractivity contribution in [2.24, 2.45) is 11.7 Å². The molecule has 0 heterocycles. The summed E-state index contributed by atoms with van der Waals surface area (Å²) in [6, 6.07) is 7.90. The van der Waals surface area contributed by atoms with Crippen LogP contribution < -0.4 is 11.1 Å². The minimum absolute atomic E-state index is 0.0248. The van der Waals surface area contributed by atoms with Gasteiger partial charge in [0.25, 0.3) is 5.91 Å². The lowest BCUT2D eigenvalue weighted by Crippen LogP contribution is -2.44. The smallest absolute Gasteiger partial charge is 0.251 e. The minimum atomic E-state index is 0.0248. The summed E-state index contributed by atoms with van der Waals surface area (Å²) in [7, 11) is 0. The average molecular weight is 358 g/mol. The highest BCUT2D eigenvalue weighted by Gasteiger charge is 2.25. The molecule has 1 aromatic carbocycles. The van der Waals surface area contributed by atoms with Crippen LogP contribution in [0.2, 0.25) is 0 Å². The van der Waals surface area contributed by atoms with Crippen molar-refractivity contribution in [1.29, 1.82) is 0 Å². The van der Waals surface area contributed by atoms with Crippen molar-refractivity contribution in [1.82, 2.24) is 5.32 Å². The fourth-order valence-electron chi connectivity index (χ4n) is 2.53. The van der Waals surface area contributed by atoms with E-state index in [-0.39, 0.29) is 11.9 Å². The Balaban J connectivity index is 1.99. The lowest BCUT2D eigenvalue weighted by Gasteiger charge is -2.31. The molecular formula is C14H19IN2O. The van der Waals surface area contributed by atoms with Crippen LogP contribution >= 0.6 is 22.6 Å². The van der Waals surface area contributed by atoms with Crippen LogP contribution in [-0.4, -0.2) is 18.5 Å². The number of hydrogen-bond acceptors (Lipinski definition) is 2. The maximum Gasteiger partial charge on any atom is 0.251 e. The number of carbonyl (C=O) groups is 1. The van der Waals surface area contributed by atoms with Gasteiger partial charge < -0.3 is 11.1 Å². The normalized spacial score (nSPS) is 23.7. The molecule has 1 aliphatic rings. The molecule has 2 unspecified atom stereocenters. The number of nitrogens with one attached hydrogen (secondary N) is 1. The van der Waals surface area contributed by atoms with Gasteiger partial charge in [-0.25, -0.2) is 0 Å². The number of nitrogens with two attached hydrogens (primary N) is 1. The minimum Gasteiger partial charge on any atom is -0.349 e. The molecule has 1 fully saturated rings. The second-order valence-corrected chi connectivity index (χ2v) is 6.11. The fraction of sp³-hybridized carbons (Fsp3) is 0.500. The Morgan fingerprint density at radius 2 is 1.94 bits per heavy atom. The zero-order valence-corrected chi connectivity index (χ0v) is 12.5. The van der Waals surface area contributed by atoms with Crippen LogP contribution in [0.5, 0.6) is 0 Å². The van der Waals surface area contributed by atoms with Crippen LogP contribution in [0.1, 0.15) is 36.0 Å². The lowest BCUT2D eigenvalue weighted by atomic mass is 9.84. The van der Waals surface area contributed by atoms with E-state index in [4.69, 9.17) is 5.73 Å². The van der Waals surface area contributed by atoms with Crippen molar-refractivity contribution in [2.75, 3.05) is 6.54 Å². The van der Waals surface area contributed by atoms with Gasteiger partial charge in [-0.15, -0.1) is 0 Å². The molecule has 0 spiro atoms. The summed E-state index contributed by atoms with van der Waals surface area (Å²) in [6.07, 6.45) is 4.61. The molecule has 1 aromatic rings. The van der Waals surface area contributed by atoms with Crippen LogP contribution in [0.4, 0.5) is 0 Å². The third-order valence-electron chi connectivity index (χ3n) is 3.63. The van der Waals surface area contributed by atoms with Gasteiger partial charge in [0, 0.05) is 15.2 Å².